The molecule has 3 aromatic rings. The van der Waals surface area contributed by atoms with Crippen LogP contribution >= 0.6 is 0 Å². The first kappa shape index (κ1) is 23.7. The normalized spacial score (nSPS) is 11.6. The van der Waals surface area contributed by atoms with Crippen LogP contribution in [0.3, 0.4) is 0 Å². The number of aliphatic carboxylic acids is 1. The summed E-state index contributed by atoms with van der Waals surface area (Å²) in [7, 11) is 1.59. The van der Waals surface area contributed by atoms with Gasteiger partial charge in [0.15, 0.2) is 0 Å². The molecule has 1 aromatic heterocycles. The quantitative estimate of drug-likeness (QED) is 0.461. The summed E-state index contributed by atoms with van der Waals surface area (Å²) in [4.78, 5) is 36.5. The van der Waals surface area contributed by atoms with Crippen LogP contribution in [0.5, 0.6) is 5.75 Å². The van der Waals surface area contributed by atoms with Gasteiger partial charge in [0.05, 0.1) is 26.1 Å². The highest BCUT2D eigenvalue weighted by molar-refractivity contribution is 5.95. The van der Waals surface area contributed by atoms with Crippen molar-refractivity contribution in [2.75, 3.05) is 12.4 Å². The fourth-order valence-corrected chi connectivity index (χ4v) is 3.40. The summed E-state index contributed by atoms with van der Waals surface area (Å²) >= 11 is 0. The Kier molecular flexibility index (Phi) is 7.63. The Balaban J connectivity index is 1.69. The Bertz CT molecular complexity index is 1180. The lowest BCUT2D eigenvalue weighted by Gasteiger charge is -2.15. The fourth-order valence-electron chi connectivity index (χ4n) is 3.40. The number of aryl methyl sites for hydroxylation is 1. The number of hydrogen-bond donors (Lipinski definition) is 3. The number of amides is 1. The summed E-state index contributed by atoms with van der Waals surface area (Å²) in [5, 5.41) is 11.5. The molecule has 0 saturated carbocycles. The van der Waals surface area contributed by atoms with Crippen molar-refractivity contribution >= 4 is 17.6 Å². The van der Waals surface area contributed by atoms with Crippen molar-refractivity contribution in [1.82, 2.24) is 4.57 Å². The molecule has 0 aliphatic rings. The van der Waals surface area contributed by atoms with Gasteiger partial charge < -0.3 is 25.5 Å². The minimum Gasteiger partial charge on any atom is -0.497 e. The average Bonchev–Trinajstić information content (AvgIpc) is 2.79. The van der Waals surface area contributed by atoms with Crippen LogP contribution in [0.15, 0.2) is 65.6 Å². The Morgan fingerprint density at radius 3 is 2.24 bits per heavy atom. The third kappa shape index (κ3) is 6.30. The molecule has 1 atom stereocenters. The van der Waals surface area contributed by atoms with Gasteiger partial charge in [-0.25, -0.2) is 0 Å². The molecule has 3 rings (SSSR count). The monoisotopic (exact) mass is 449 g/mol. The van der Waals surface area contributed by atoms with E-state index in [1.807, 2.05) is 24.3 Å². The lowest BCUT2D eigenvalue weighted by molar-refractivity contribution is -0.136. The number of methoxy groups -OCH3 is 1. The van der Waals surface area contributed by atoms with E-state index in [0.717, 1.165) is 16.9 Å². The maximum atomic E-state index is 13.0. The molecule has 0 bridgehead atoms. The van der Waals surface area contributed by atoms with Gasteiger partial charge in [0, 0.05) is 6.20 Å². The number of carboxylic acid groups (broad SMARTS) is 1. The van der Waals surface area contributed by atoms with Gasteiger partial charge in [0.1, 0.15) is 11.4 Å². The van der Waals surface area contributed by atoms with Crippen LogP contribution < -0.4 is 21.3 Å². The second-order valence-corrected chi connectivity index (χ2v) is 7.84. The van der Waals surface area contributed by atoms with Crippen molar-refractivity contribution in [1.29, 1.82) is 0 Å². The lowest BCUT2D eigenvalue weighted by Crippen LogP contribution is -2.39. The summed E-state index contributed by atoms with van der Waals surface area (Å²) in [6.45, 7) is 2.10. The van der Waals surface area contributed by atoms with Gasteiger partial charge in [0.2, 0.25) is 5.91 Å². The minimum atomic E-state index is -0.908. The van der Waals surface area contributed by atoms with E-state index in [1.165, 1.54) is 4.57 Å². The molecule has 172 valence electrons. The molecule has 0 aliphatic carbocycles. The van der Waals surface area contributed by atoms with E-state index >= 15 is 0 Å². The summed E-state index contributed by atoms with van der Waals surface area (Å²) in [5.41, 5.74) is 8.99. The van der Waals surface area contributed by atoms with Crippen molar-refractivity contribution in [3.8, 4) is 5.75 Å². The zero-order valence-corrected chi connectivity index (χ0v) is 18.6. The molecule has 8 nitrogen and oxygen atoms in total. The number of pyridine rings is 1. The average molecular weight is 450 g/mol. The standard InChI is InChI=1S/C25H27N3O5/c1-16-11-12-28(15-19-7-9-20(33-2)10-8-19)25(32)23(16)27-24(31)21(26)13-17-3-5-18(6-4-17)14-22(29)30/h3-12,21H,13-15,26H2,1-2H3,(H,27,31)(H,29,30)/t21-/m0/s1. The number of benzene rings is 2. The summed E-state index contributed by atoms with van der Waals surface area (Å²) < 4.78 is 6.68. The van der Waals surface area contributed by atoms with E-state index in [0.29, 0.717) is 17.7 Å². The smallest absolute Gasteiger partial charge is 0.307 e. The highest BCUT2D eigenvalue weighted by Crippen LogP contribution is 2.14. The molecule has 2 aromatic carbocycles. The number of nitrogens with zero attached hydrogens (tertiary/aromatic N) is 1. The molecule has 0 radical (unpaired) electrons. The zero-order chi connectivity index (χ0) is 24.0. The number of aromatic nitrogens is 1. The third-order valence-corrected chi connectivity index (χ3v) is 5.30. The highest BCUT2D eigenvalue weighted by Gasteiger charge is 2.18. The topological polar surface area (TPSA) is 124 Å². The summed E-state index contributed by atoms with van der Waals surface area (Å²) in [6, 6.07) is 15.2. The van der Waals surface area contributed by atoms with Gasteiger partial charge in [-0.15, -0.1) is 0 Å². The van der Waals surface area contributed by atoms with Crippen LogP contribution in [0.25, 0.3) is 0 Å². The van der Waals surface area contributed by atoms with Crippen molar-refractivity contribution < 1.29 is 19.4 Å². The van der Waals surface area contributed by atoms with Gasteiger partial charge in [-0.2, -0.15) is 0 Å². The van der Waals surface area contributed by atoms with Crippen LogP contribution in [0, 0.1) is 6.92 Å². The van der Waals surface area contributed by atoms with Crippen molar-refractivity contribution in [3.05, 3.63) is 93.4 Å². The third-order valence-electron chi connectivity index (χ3n) is 5.30. The Labute approximate surface area is 191 Å². The highest BCUT2D eigenvalue weighted by atomic mass is 16.5. The predicted octanol–water partition coefficient (Wildman–Crippen LogP) is 2.35. The van der Waals surface area contributed by atoms with Gasteiger partial charge in [0.25, 0.3) is 5.56 Å². The number of carboxylic acids is 1. The minimum absolute atomic E-state index is 0.0666. The molecule has 8 heteroatoms. The van der Waals surface area contributed by atoms with Crippen molar-refractivity contribution in [2.24, 2.45) is 5.73 Å². The summed E-state index contributed by atoms with van der Waals surface area (Å²) in [6.07, 6.45) is 1.88. The molecular weight excluding hydrogens is 422 g/mol. The number of nitrogens with two attached hydrogens (primary N) is 1. The molecule has 1 amide bonds. The van der Waals surface area contributed by atoms with Crippen LogP contribution in [0.1, 0.15) is 22.3 Å². The van der Waals surface area contributed by atoms with E-state index in [9.17, 15) is 14.4 Å². The first-order chi connectivity index (χ1) is 15.8. The molecule has 0 fully saturated rings. The van der Waals surface area contributed by atoms with E-state index in [2.05, 4.69) is 5.32 Å². The molecule has 0 aliphatic heterocycles. The van der Waals surface area contributed by atoms with E-state index in [1.54, 1.807) is 50.6 Å². The van der Waals surface area contributed by atoms with Crippen LogP contribution in [-0.4, -0.2) is 34.7 Å². The van der Waals surface area contributed by atoms with Crippen molar-refractivity contribution in [3.63, 3.8) is 0 Å². The molecule has 33 heavy (non-hydrogen) atoms. The van der Waals surface area contributed by atoms with E-state index < -0.39 is 17.9 Å². The number of nitrogens with one attached hydrogen (secondary N) is 1. The largest absolute Gasteiger partial charge is 0.497 e. The zero-order valence-electron chi connectivity index (χ0n) is 18.6. The maximum Gasteiger partial charge on any atom is 0.307 e. The Morgan fingerprint density at radius 1 is 1.03 bits per heavy atom. The van der Waals surface area contributed by atoms with Gasteiger partial charge in [-0.05, 0) is 53.8 Å². The molecule has 0 unspecified atom stereocenters. The second-order valence-electron chi connectivity index (χ2n) is 7.84. The van der Waals surface area contributed by atoms with Crippen LogP contribution in [0.4, 0.5) is 5.69 Å². The van der Waals surface area contributed by atoms with E-state index in [4.69, 9.17) is 15.6 Å². The van der Waals surface area contributed by atoms with Gasteiger partial charge in [-0.1, -0.05) is 36.4 Å². The van der Waals surface area contributed by atoms with Crippen LogP contribution in [-0.2, 0) is 29.0 Å². The number of carbonyl (C=O) groups excluding carboxylic acids is 1. The van der Waals surface area contributed by atoms with Gasteiger partial charge >= 0.3 is 5.97 Å². The molecule has 4 N–H and O–H groups in total. The predicted molar refractivity (Wildman–Crippen MR) is 126 cm³/mol. The molecular formula is C25H27N3O5. The SMILES string of the molecule is COc1ccc(Cn2ccc(C)c(NC(=O)[C@@H](N)Cc3ccc(CC(=O)O)cc3)c2=O)cc1. The number of anilines is 1. The fraction of sp³-hybridized carbons (Fsp3) is 0.240. The maximum absolute atomic E-state index is 13.0. The first-order valence-corrected chi connectivity index (χ1v) is 10.5. The lowest BCUT2D eigenvalue weighted by atomic mass is 10.0. The van der Waals surface area contributed by atoms with E-state index in [-0.39, 0.29) is 24.1 Å². The number of ether oxygens (including phenoxy) is 1. The first-order valence-electron chi connectivity index (χ1n) is 10.5. The summed E-state index contributed by atoms with van der Waals surface area (Å²) in [5.74, 6) is -0.643. The van der Waals surface area contributed by atoms with Crippen molar-refractivity contribution in [2.45, 2.75) is 32.4 Å². The molecule has 0 saturated heterocycles. The Hall–Kier alpha value is -3.91. The number of carbonyl (C=O) groups is 2. The molecule has 0 spiro atoms. The van der Waals surface area contributed by atoms with Crippen LogP contribution in [0.2, 0.25) is 0 Å². The Morgan fingerprint density at radius 2 is 1.64 bits per heavy atom. The number of hydrogen-bond acceptors (Lipinski definition) is 5. The van der Waals surface area contributed by atoms with Gasteiger partial charge in [-0.3, -0.25) is 14.4 Å². The molecule has 1 heterocycles. The number of rotatable bonds is 9. The second kappa shape index (κ2) is 10.6.